The summed E-state index contributed by atoms with van der Waals surface area (Å²) in [4.78, 5) is 32.8. The number of nitrogens with zero attached hydrogens (tertiary/aromatic N) is 3. The molecule has 1 atom stereocenters. The van der Waals surface area contributed by atoms with E-state index in [-0.39, 0.29) is 24.3 Å². The third-order valence-corrected chi connectivity index (χ3v) is 4.47. The number of amides is 2. The van der Waals surface area contributed by atoms with Crippen molar-refractivity contribution in [1.82, 2.24) is 15.6 Å². The van der Waals surface area contributed by atoms with Gasteiger partial charge in [0.15, 0.2) is 5.96 Å². The topological polar surface area (TPSA) is 159 Å². The first kappa shape index (κ1) is 20.9. The van der Waals surface area contributed by atoms with Gasteiger partial charge < -0.3 is 22.1 Å². The molecule has 1 heterocycles. The largest absolute Gasteiger partial charge is 0.370 e. The van der Waals surface area contributed by atoms with Crippen molar-refractivity contribution < 1.29 is 9.59 Å². The van der Waals surface area contributed by atoms with Gasteiger partial charge in [-0.15, -0.1) is 11.3 Å². The monoisotopic (exact) mass is 399 g/mol. The summed E-state index contributed by atoms with van der Waals surface area (Å²) in [5.41, 5.74) is 12.6. The lowest BCUT2D eigenvalue weighted by atomic mass is 10.0. The summed E-state index contributed by atoms with van der Waals surface area (Å²) in [6.07, 6.45) is 0. The van der Waals surface area contributed by atoms with Crippen molar-refractivity contribution in [2.75, 3.05) is 6.54 Å². The number of hydrogen-bond acceptors (Lipinski definition) is 6. The highest BCUT2D eigenvalue weighted by atomic mass is 32.1. The SMILES string of the molecule is CC(C)C(NC(=O)c1ccc(-c2csc(N=C(N)N)n2)cc1)C(=O)NCC#N. The average molecular weight is 399 g/mol. The Balaban J connectivity index is 2.10. The van der Waals surface area contributed by atoms with Crippen LogP contribution in [0.3, 0.4) is 0 Å². The maximum atomic E-state index is 12.5. The van der Waals surface area contributed by atoms with E-state index in [1.807, 2.05) is 25.3 Å². The van der Waals surface area contributed by atoms with Gasteiger partial charge in [-0.05, 0) is 18.1 Å². The fraction of sp³-hybridized carbons (Fsp3) is 0.278. The second-order valence-corrected chi connectivity index (χ2v) is 7.04. The van der Waals surface area contributed by atoms with Crippen molar-refractivity contribution in [3.8, 4) is 17.3 Å². The van der Waals surface area contributed by atoms with Gasteiger partial charge in [-0.25, -0.2) is 4.98 Å². The van der Waals surface area contributed by atoms with Crippen molar-refractivity contribution in [2.24, 2.45) is 22.4 Å². The number of nitrogens with two attached hydrogens (primary N) is 2. The Morgan fingerprint density at radius 1 is 1.29 bits per heavy atom. The number of aliphatic imine (C=N–C) groups is 1. The fourth-order valence-corrected chi connectivity index (χ4v) is 3.06. The molecule has 2 aromatic rings. The molecule has 2 amide bonds. The number of carbonyl (C=O) groups is 2. The van der Waals surface area contributed by atoms with Gasteiger partial charge in [-0.2, -0.15) is 10.3 Å². The predicted octanol–water partition coefficient (Wildman–Crippen LogP) is 1.11. The molecule has 0 saturated carbocycles. The summed E-state index contributed by atoms with van der Waals surface area (Å²) in [5.74, 6) is -0.967. The first-order valence-electron chi connectivity index (χ1n) is 8.43. The summed E-state index contributed by atoms with van der Waals surface area (Å²) < 4.78 is 0. The zero-order chi connectivity index (χ0) is 20.7. The molecule has 28 heavy (non-hydrogen) atoms. The van der Waals surface area contributed by atoms with Gasteiger partial charge in [0.05, 0.1) is 11.8 Å². The highest BCUT2D eigenvalue weighted by molar-refractivity contribution is 7.13. The van der Waals surface area contributed by atoms with Gasteiger partial charge in [0.1, 0.15) is 12.6 Å². The van der Waals surface area contributed by atoms with Crippen LogP contribution in [-0.2, 0) is 4.79 Å². The van der Waals surface area contributed by atoms with E-state index in [1.165, 1.54) is 11.3 Å². The normalized spacial score (nSPS) is 11.4. The van der Waals surface area contributed by atoms with Crippen molar-refractivity contribution in [2.45, 2.75) is 19.9 Å². The summed E-state index contributed by atoms with van der Waals surface area (Å²) in [7, 11) is 0. The van der Waals surface area contributed by atoms with Gasteiger partial charge in [0.2, 0.25) is 11.0 Å². The van der Waals surface area contributed by atoms with E-state index < -0.39 is 11.9 Å². The molecule has 0 radical (unpaired) electrons. The minimum atomic E-state index is -0.735. The van der Waals surface area contributed by atoms with Crippen LogP contribution in [0.25, 0.3) is 11.3 Å². The van der Waals surface area contributed by atoms with Crippen LogP contribution in [0.15, 0.2) is 34.6 Å². The van der Waals surface area contributed by atoms with Crippen molar-refractivity contribution >= 4 is 34.2 Å². The number of thiazole rings is 1. The summed E-state index contributed by atoms with van der Waals surface area (Å²) >= 11 is 1.30. The van der Waals surface area contributed by atoms with Crippen LogP contribution in [0.1, 0.15) is 24.2 Å². The molecule has 9 nitrogen and oxygen atoms in total. The van der Waals surface area contributed by atoms with E-state index in [4.69, 9.17) is 16.7 Å². The zero-order valence-corrected chi connectivity index (χ0v) is 16.3. The minimum absolute atomic E-state index is 0.0635. The number of aromatic nitrogens is 1. The molecular weight excluding hydrogens is 378 g/mol. The highest BCUT2D eigenvalue weighted by Crippen LogP contribution is 2.26. The molecule has 0 saturated heterocycles. The Kier molecular flexibility index (Phi) is 7.06. The molecule has 0 bridgehead atoms. The number of benzene rings is 1. The molecule has 1 unspecified atom stereocenters. The lowest BCUT2D eigenvalue weighted by molar-refractivity contribution is -0.123. The smallest absolute Gasteiger partial charge is 0.251 e. The summed E-state index contributed by atoms with van der Waals surface area (Å²) in [5, 5.41) is 16.0. The number of nitrogens with one attached hydrogen (secondary N) is 2. The Hall–Kier alpha value is -3.45. The quantitative estimate of drug-likeness (QED) is 0.310. The lowest BCUT2D eigenvalue weighted by Gasteiger charge is -2.21. The first-order valence-corrected chi connectivity index (χ1v) is 9.31. The second-order valence-electron chi connectivity index (χ2n) is 6.20. The van der Waals surface area contributed by atoms with Crippen molar-refractivity contribution in [3.05, 3.63) is 35.2 Å². The molecule has 1 aromatic heterocycles. The second kappa shape index (κ2) is 9.48. The van der Waals surface area contributed by atoms with Crippen LogP contribution < -0.4 is 22.1 Å². The fourth-order valence-electron chi connectivity index (χ4n) is 2.35. The van der Waals surface area contributed by atoms with Crippen LogP contribution in [0.2, 0.25) is 0 Å². The van der Waals surface area contributed by atoms with Crippen LogP contribution in [0, 0.1) is 17.2 Å². The Labute approximate surface area is 166 Å². The maximum absolute atomic E-state index is 12.5. The number of nitriles is 1. The predicted molar refractivity (Wildman–Crippen MR) is 108 cm³/mol. The molecular formula is C18H21N7O2S. The maximum Gasteiger partial charge on any atom is 0.251 e. The molecule has 0 aliphatic rings. The molecule has 0 aliphatic carbocycles. The standard InChI is InChI=1S/C18H21N7O2S/c1-10(2)14(16(27)22-8-7-19)24-15(26)12-5-3-11(4-6-12)13-9-28-18(23-13)25-17(20)21/h3-6,9-10,14H,8H2,1-2H3,(H,22,27)(H,24,26)(H4,20,21,23,25). The van der Waals surface area contributed by atoms with E-state index in [1.54, 1.807) is 24.3 Å². The molecule has 2 rings (SSSR count). The average Bonchev–Trinajstić information content (AvgIpc) is 3.11. The van der Waals surface area contributed by atoms with Crippen LogP contribution in [-0.4, -0.2) is 35.3 Å². The van der Waals surface area contributed by atoms with Crippen LogP contribution in [0.4, 0.5) is 5.13 Å². The molecule has 146 valence electrons. The summed E-state index contributed by atoms with van der Waals surface area (Å²) in [6, 6.07) is 7.91. The molecule has 10 heteroatoms. The molecule has 0 fully saturated rings. The number of guanidine groups is 1. The molecule has 0 spiro atoms. The van der Waals surface area contributed by atoms with Crippen molar-refractivity contribution in [1.29, 1.82) is 5.26 Å². The van der Waals surface area contributed by atoms with Gasteiger partial charge in [0, 0.05) is 16.5 Å². The van der Waals surface area contributed by atoms with Gasteiger partial charge >= 0.3 is 0 Å². The first-order chi connectivity index (χ1) is 13.3. The Morgan fingerprint density at radius 3 is 2.54 bits per heavy atom. The number of hydrogen-bond donors (Lipinski definition) is 4. The van der Waals surface area contributed by atoms with E-state index in [9.17, 15) is 9.59 Å². The molecule has 6 N–H and O–H groups in total. The Morgan fingerprint density at radius 2 is 1.96 bits per heavy atom. The summed E-state index contributed by atoms with van der Waals surface area (Å²) in [6.45, 7) is 3.52. The third-order valence-electron chi connectivity index (χ3n) is 3.74. The number of carbonyl (C=O) groups excluding carboxylic acids is 2. The molecule has 1 aromatic carbocycles. The third kappa shape index (κ3) is 5.52. The van der Waals surface area contributed by atoms with Gasteiger partial charge in [-0.1, -0.05) is 26.0 Å². The van der Waals surface area contributed by atoms with Gasteiger partial charge in [-0.3, -0.25) is 9.59 Å². The van der Waals surface area contributed by atoms with Crippen molar-refractivity contribution in [3.63, 3.8) is 0 Å². The highest BCUT2D eigenvalue weighted by Gasteiger charge is 2.24. The Bertz CT molecular complexity index is 909. The minimum Gasteiger partial charge on any atom is -0.370 e. The molecule has 0 aliphatic heterocycles. The van der Waals surface area contributed by atoms with E-state index in [0.29, 0.717) is 16.4 Å². The van der Waals surface area contributed by atoms with Gasteiger partial charge in [0.25, 0.3) is 5.91 Å². The van der Waals surface area contributed by atoms with Crippen LogP contribution in [0.5, 0.6) is 0 Å². The van der Waals surface area contributed by atoms with E-state index in [0.717, 1.165) is 5.56 Å². The van der Waals surface area contributed by atoms with E-state index in [2.05, 4.69) is 20.6 Å². The van der Waals surface area contributed by atoms with E-state index >= 15 is 0 Å². The lowest BCUT2D eigenvalue weighted by Crippen LogP contribution is -2.49. The number of rotatable bonds is 7. The van der Waals surface area contributed by atoms with Crippen LogP contribution >= 0.6 is 11.3 Å². The zero-order valence-electron chi connectivity index (χ0n) is 15.5.